The summed E-state index contributed by atoms with van der Waals surface area (Å²) in [5.41, 5.74) is 3.90. The van der Waals surface area contributed by atoms with E-state index in [2.05, 4.69) is 17.2 Å². The van der Waals surface area contributed by atoms with E-state index in [1.54, 1.807) is 7.11 Å². The highest BCUT2D eigenvalue weighted by atomic mass is 16.5. The molecule has 1 atom stereocenters. The number of aromatic nitrogens is 2. The summed E-state index contributed by atoms with van der Waals surface area (Å²) in [4.78, 5) is 4.74. The third-order valence-corrected chi connectivity index (χ3v) is 5.69. The van der Waals surface area contributed by atoms with Gasteiger partial charge in [0.1, 0.15) is 11.9 Å². The largest absolute Gasteiger partial charge is 0.493 e. The van der Waals surface area contributed by atoms with Gasteiger partial charge in [0, 0.05) is 6.54 Å². The van der Waals surface area contributed by atoms with Gasteiger partial charge in [-0.2, -0.15) is 0 Å². The summed E-state index contributed by atoms with van der Waals surface area (Å²) in [7, 11) is 1.66. The molecule has 5 heteroatoms. The minimum atomic E-state index is -0.770. The van der Waals surface area contributed by atoms with Gasteiger partial charge in [0.2, 0.25) is 0 Å². The van der Waals surface area contributed by atoms with Crippen molar-refractivity contribution in [2.75, 3.05) is 13.7 Å². The van der Waals surface area contributed by atoms with Crippen LogP contribution in [0.1, 0.15) is 35.9 Å². The van der Waals surface area contributed by atoms with Crippen molar-refractivity contribution in [3.63, 3.8) is 0 Å². The zero-order valence-electron chi connectivity index (χ0n) is 19.0. The zero-order chi connectivity index (χ0) is 23.0. The Morgan fingerprint density at radius 2 is 1.79 bits per heavy atom. The van der Waals surface area contributed by atoms with Crippen LogP contribution in [0.2, 0.25) is 0 Å². The molecule has 5 nitrogen and oxygen atoms in total. The van der Waals surface area contributed by atoms with Gasteiger partial charge in [-0.15, -0.1) is 6.58 Å². The van der Waals surface area contributed by atoms with Crippen molar-refractivity contribution in [3.8, 4) is 11.5 Å². The first-order valence-corrected chi connectivity index (χ1v) is 11.3. The molecule has 0 radical (unpaired) electrons. The Kier molecular flexibility index (Phi) is 7.43. The normalized spacial score (nSPS) is 11.9. The second-order valence-corrected chi connectivity index (χ2v) is 7.96. The Morgan fingerprint density at radius 1 is 1.00 bits per heavy atom. The van der Waals surface area contributed by atoms with Crippen molar-refractivity contribution in [2.24, 2.45) is 0 Å². The van der Waals surface area contributed by atoms with Crippen molar-refractivity contribution >= 4 is 11.0 Å². The van der Waals surface area contributed by atoms with E-state index >= 15 is 0 Å². The Bertz CT molecular complexity index is 1200. The molecule has 0 saturated carbocycles. The quantitative estimate of drug-likeness (QED) is 0.239. The van der Waals surface area contributed by atoms with Gasteiger partial charge < -0.3 is 19.1 Å². The van der Waals surface area contributed by atoms with Crippen molar-refractivity contribution in [1.29, 1.82) is 0 Å². The number of ether oxygens (including phenoxy) is 2. The van der Waals surface area contributed by atoms with Crippen LogP contribution in [-0.4, -0.2) is 28.4 Å². The number of fused-ring (bicyclic) bond motifs is 1. The lowest BCUT2D eigenvalue weighted by Crippen LogP contribution is -2.11. The third kappa shape index (κ3) is 5.26. The van der Waals surface area contributed by atoms with E-state index in [-0.39, 0.29) is 0 Å². The summed E-state index contributed by atoms with van der Waals surface area (Å²) < 4.78 is 13.6. The molecule has 1 N–H and O–H groups in total. The van der Waals surface area contributed by atoms with Crippen LogP contribution in [0, 0.1) is 0 Å². The number of unbranched alkanes of at least 4 members (excludes halogenated alkanes) is 1. The Morgan fingerprint density at radius 3 is 2.58 bits per heavy atom. The van der Waals surface area contributed by atoms with E-state index in [1.165, 1.54) is 0 Å². The number of rotatable bonds is 11. The molecule has 0 aliphatic heterocycles. The predicted molar refractivity (Wildman–Crippen MR) is 132 cm³/mol. The summed E-state index contributed by atoms with van der Waals surface area (Å²) in [5.74, 6) is 2.16. The molecule has 0 amide bonds. The molecule has 1 heterocycles. The minimum absolute atomic E-state index is 0.584. The highest BCUT2D eigenvalue weighted by Gasteiger charge is 2.19. The number of aliphatic hydroxyl groups excluding tert-OH is 1. The van der Waals surface area contributed by atoms with Crippen LogP contribution in [0.15, 0.2) is 85.5 Å². The first-order valence-electron chi connectivity index (χ1n) is 11.3. The number of methoxy groups -OCH3 is 1. The number of aliphatic hydroxyl groups is 1. The maximum absolute atomic E-state index is 11.0. The van der Waals surface area contributed by atoms with Crippen LogP contribution in [-0.2, 0) is 13.0 Å². The second kappa shape index (κ2) is 10.8. The number of nitrogens with zero attached hydrogens (tertiary/aromatic N) is 2. The van der Waals surface area contributed by atoms with Crippen LogP contribution in [0.25, 0.3) is 11.0 Å². The fourth-order valence-electron chi connectivity index (χ4n) is 4.00. The highest BCUT2D eigenvalue weighted by Crippen LogP contribution is 2.29. The summed E-state index contributed by atoms with van der Waals surface area (Å²) in [6.07, 6.45) is 3.66. The van der Waals surface area contributed by atoms with Gasteiger partial charge in [0.05, 0.1) is 24.8 Å². The molecule has 0 bridgehead atoms. The average molecular weight is 443 g/mol. The molecule has 1 unspecified atom stereocenters. The van der Waals surface area contributed by atoms with Crippen molar-refractivity contribution < 1.29 is 14.6 Å². The number of imidazole rings is 1. The van der Waals surface area contributed by atoms with E-state index in [0.29, 0.717) is 12.4 Å². The monoisotopic (exact) mass is 442 g/mol. The molecule has 1 aromatic heterocycles. The van der Waals surface area contributed by atoms with E-state index < -0.39 is 6.10 Å². The molecule has 4 aromatic rings. The summed E-state index contributed by atoms with van der Waals surface area (Å²) in [6, 6.07) is 23.7. The molecule has 0 aliphatic carbocycles. The molecule has 0 fully saturated rings. The fourth-order valence-corrected chi connectivity index (χ4v) is 4.00. The number of hydrogen-bond acceptors (Lipinski definition) is 4. The first kappa shape index (κ1) is 22.6. The van der Waals surface area contributed by atoms with Gasteiger partial charge in [-0.25, -0.2) is 4.98 Å². The molecule has 4 rings (SSSR count). The standard InChI is InChI=1S/C28H30N2O3/c1-3-11-21-16-17-25(26(20-21)32-2)33-19-10-9-18-30-24-15-8-7-14-23(24)29-28(30)27(31)22-12-5-4-6-13-22/h3-8,12-17,20,27,31H,1,9-11,18-19H2,2H3. The molecule has 170 valence electrons. The molecule has 3 aromatic carbocycles. The number of benzene rings is 3. The summed E-state index contributed by atoms with van der Waals surface area (Å²) in [5, 5.41) is 11.0. The lowest BCUT2D eigenvalue weighted by molar-refractivity contribution is 0.204. The predicted octanol–water partition coefficient (Wildman–Crippen LogP) is 5.71. The number of allylic oxidation sites excluding steroid dienone is 1. The molecular formula is C28H30N2O3. The van der Waals surface area contributed by atoms with Crippen molar-refractivity contribution in [1.82, 2.24) is 9.55 Å². The Labute approximate surface area is 194 Å². The zero-order valence-corrected chi connectivity index (χ0v) is 19.0. The maximum Gasteiger partial charge on any atom is 0.161 e. The molecular weight excluding hydrogens is 412 g/mol. The molecule has 0 aliphatic rings. The Balaban J connectivity index is 1.42. The van der Waals surface area contributed by atoms with Gasteiger partial charge >= 0.3 is 0 Å². The number of para-hydroxylation sites is 2. The second-order valence-electron chi connectivity index (χ2n) is 7.96. The van der Waals surface area contributed by atoms with Crippen LogP contribution in [0.5, 0.6) is 11.5 Å². The fraction of sp³-hybridized carbons (Fsp3) is 0.250. The lowest BCUT2D eigenvalue weighted by Gasteiger charge is -2.15. The van der Waals surface area contributed by atoms with E-state index in [9.17, 15) is 5.11 Å². The molecule has 0 spiro atoms. The van der Waals surface area contributed by atoms with E-state index in [1.807, 2.05) is 72.8 Å². The maximum atomic E-state index is 11.0. The van der Waals surface area contributed by atoms with Crippen LogP contribution < -0.4 is 9.47 Å². The van der Waals surface area contributed by atoms with Crippen molar-refractivity contribution in [3.05, 3.63) is 102 Å². The number of hydrogen-bond donors (Lipinski definition) is 1. The minimum Gasteiger partial charge on any atom is -0.493 e. The van der Waals surface area contributed by atoms with Gasteiger partial charge in [-0.05, 0) is 54.7 Å². The highest BCUT2D eigenvalue weighted by molar-refractivity contribution is 5.76. The third-order valence-electron chi connectivity index (χ3n) is 5.69. The van der Waals surface area contributed by atoms with Crippen LogP contribution in [0.3, 0.4) is 0 Å². The summed E-state index contributed by atoms with van der Waals surface area (Å²) >= 11 is 0. The van der Waals surface area contributed by atoms with E-state index in [4.69, 9.17) is 14.5 Å². The topological polar surface area (TPSA) is 56.5 Å². The molecule has 0 saturated heterocycles. The van der Waals surface area contributed by atoms with Gasteiger partial charge in [-0.3, -0.25) is 0 Å². The van der Waals surface area contributed by atoms with Gasteiger partial charge in [0.15, 0.2) is 11.5 Å². The average Bonchev–Trinajstić information content (AvgIpc) is 3.23. The molecule has 33 heavy (non-hydrogen) atoms. The smallest absolute Gasteiger partial charge is 0.161 e. The van der Waals surface area contributed by atoms with Crippen molar-refractivity contribution in [2.45, 2.75) is 31.9 Å². The first-order chi connectivity index (χ1) is 16.2. The van der Waals surface area contributed by atoms with Crippen LogP contribution >= 0.6 is 0 Å². The van der Waals surface area contributed by atoms with Gasteiger partial charge in [-0.1, -0.05) is 54.6 Å². The van der Waals surface area contributed by atoms with E-state index in [0.717, 1.165) is 59.5 Å². The Hall–Kier alpha value is -3.57. The SMILES string of the molecule is C=CCc1ccc(OCCCCn2c(C(O)c3ccccc3)nc3ccccc32)c(OC)c1. The number of aryl methyl sites for hydroxylation is 1. The van der Waals surface area contributed by atoms with Gasteiger partial charge in [0.25, 0.3) is 0 Å². The van der Waals surface area contributed by atoms with Crippen LogP contribution in [0.4, 0.5) is 0 Å². The lowest BCUT2D eigenvalue weighted by atomic mass is 10.1. The summed E-state index contributed by atoms with van der Waals surface area (Å²) in [6.45, 7) is 5.12.